The molecule has 2 heteroatoms. The molecule has 0 saturated heterocycles. The molecule has 0 fully saturated rings. The highest BCUT2D eigenvalue weighted by Gasteiger charge is 2.35. The van der Waals surface area contributed by atoms with Crippen LogP contribution in [0.4, 0.5) is 0 Å². The summed E-state index contributed by atoms with van der Waals surface area (Å²) in [6.45, 7) is 9.73. The maximum atomic E-state index is 11.7. The number of carboxylic acids is 1. The minimum Gasteiger partial charge on any atom is -0.481 e. The number of hydrogen-bond acceptors (Lipinski definition) is 1. The fraction of sp³-hybridized carbons (Fsp3) is 0.792. The first kappa shape index (κ1) is 24.9. The van der Waals surface area contributed by atoms with Gasteiger partial charge < -0.3 is 5.11 Å². The Bertz CT molecular complexity index is 349. The second-order valence-corrected chi connectivity index (χ2v) is 7.92. The van der Waals surface area contributed by atoms with E-state index in [2.05, 4.69) is 20.1 Å². The van der Waals surface area contributed by atoms with Crippen LogP contribution in [-0.2, 0) is 4.79 Å². The molecule has 0 aliphatic heterocycles. The van der Waals surface area contributed by atoms with Crippen molar-refractivity contribution in [2.45, 2.75) is 116 Å². The van der Waals surface area contributed by atoms with Crippen LogP contribution < -0.4 is 0 Å². The van der Waals surface area contributed by atoms with Crippen LogP contribution in [0.3, 0.4) is 0 Å². The standard InChI is InChI=1S/C24H44O2/c1-4-7-8-9-10-11-12-13-14-15-16-17-18-19-22-24(20-5-2,21-6-3)23(25)26/h5-6H,2-4,7-22H2,1H3,(H,25,26). The van der Waals surface area contributed by atoms with Gasteiger partial charge in [-0.05, 0) is 19.3 Å². The number of hydrogen-bond donors (Lipinski definition) is 1. The minimum absolute atomic E-state index is 0.535. The summed E-state index contributed by atoms with van der Waals surface area (Å²) in [6, 6.07) is 0. The highest BCUT2D eigenvalue weighted by atomic mass is 16.4. The summed E-state index contributed by atoms with van der Waals surface area (Å²) in [5.41, 5.74) is -0.680. The zero-order chi connectivity index (χ0) is 19.5. The lowest BCUT2D eigenvalue weighted by Crippen LogP contribution is -2.30. The van der Waals surface area contributed by atoms with Gasteiger partial charge in [0.05, 0.1) is 5.41 Å². The predicted molar refractivity (Wildman–Crippen MR) is 115 cm³/mol. The van der Waals surface area contributed by atoms with Crippen molar-refractivity contribution in [3.05, 3.63) is 25.3 Å². The van der Waals surface area contributed by atoms with E-state index < -0.39 is 11.4 Å². The monoisotopic (exact) mass is 364 g/mol. The van der Waals surface area contributed by atoms with Crippen LogP contribution in [0.25, 0.3) is 0 Å². The van der Waals surface area contributed by atoms with Gasteiger partial charge in [0.1, 0.15) is 0 Å². The van der Waals surface area contributed by atoms with Crippen LogP contribution in [0.5, 0.6) is 0 Å². The molecule has 0 atom stereocenters. The molecule has 0 radical (unpaired) electrons. The van der Waals surface area contributed by atoms with E-state index in [4.69, 9.17) is 0 Å². The van der Waals surface area contributed by atoms with E-state index in [1.54, 1.807) is 12.2 Å². The summed E-state index contributed by atoms with van der Waals surface area (Å²) in [6.07, 6.45) is 23.8. The number of rotatable bonds is 20. The average molecular weight is 365 g/mol. The molecule has 1 N–H and O–H groups in total. The Balaban J connectivity index is 3.60. The van der Waals surface area contributed by atoms with Crippen LogP contribution in [0, 0.1) is 5.41 Å². The van der Waals surface area contributed by atoms with Crippen molar-refractivity contribution in [1.29, 1.82) is 0 Å². The van der Waals surface area contributed by atoms with E-state index in [1.165, 1.54) is 77.0 Å². The van der Waals surface area contributed by atoms with Gasteiger partial charge in [-0.15, -0.1) is 13.2 Å². The maximum absolute atomic E-state index is 11.7. The SMILES string of the molecule is C=CCC(CC=C)(CCCCCCCCCCCCCCCC)C(=O)O. The molecule has 0 unspecified atom stereocenters. The van der Waals surface area contributed by atoms with E-state index in [0.717, 1.165) is 19.3 Å². The van der Waals surface area contributed by atoms with Crippen molar-refractivity contribution >= 4 is 5.97 Å². The summed E-state index contributed by atoms with van der Waals surface area (Å²) in [4.78, 5) is 11.7. The lowest BCUT2D eigenvalue weighted by atomic mass is 9.76. The average Bonchev–Trinajstić information content (AvgIpc) is 2.62. The molecule has 0 heterocycles. The first-order valence-corrected chi connectivity index (χ1v) is 11.1. The van der Waals surface area contributed by atoms with Crippen molar-refractivity contribution < 1.29 is 9.90 Å². The van der Waals surface area contributed by atoms with Crippen molar-refractivity contribution in [3.63, 3.8) is 0 Å². The third kappa shape index (κ3) is 12.3. The third-order valence-electron chi connectivity index (χ3n) is 5.53. The van der Waals surface area contributed by atoms with E-state index in [9.17, 15) is 9.90 Å². The lowest BCUT2D eigenvalue weighted by molar-refractivity contribution is -0.149. The molecule has 0 saturated carbocycles. The van der Waals surface area contributed by atoms with Crippen molar-refractivity contribution in [2.24, 2.45) is 5.41 Å². The highest BCUT2D eigenvalue weighted by molar-refractivity contribution is 5.75. The molecule has 0 spiro atoms. The van der Waals surface area contributed by atoms with Gasteiger partial charge in [0.15, 0.2) is 0 Å². The van der Waals surface area contributed by atoms with Crippen LogP contribution in [0.2, 0.25) is 0 Å². The molecule has 152 valence electrons. The summed E-state index contributed by atoms with van der Waals surface area (Å²) in [5, 5.41) is 9.59. The topological polar surface area (TPSA) is 37.3 Å². The summed E-state index contributed by atoms with van der Waals surface area (Å²) >= 11 is 0. The Morgan fingerprint density at radius 3 is 1.38 bits per heavy atom. The molecule has 0 bridgehead atoms. The Hall–Kier alpha value is -1.05. The van der Waals surface area contributed by atoms with Gasteiger partial charge in [-0.3, -0.25) is 4.79 Å². The maximum Gasteiger partial charge on any atom is 0.310 e. The van der Waals surface area contributed by atoms with Gasteiger partial charge in [0, 0.05) is 0 Å². The predicted octanol–water partition coefficient (Wildman–Crippen LogP) is 8.08. The lowest BCUT2D eigenvalue weighted by Gasteiger charge is -2.27. The second kappa shape index (κ2) is 17.4. The van der Waals surface area contributed by atoms with Crippen LogP contribution in [0.15, 0.2) is 25.3 Å². The van der Waals surface area contributed by atoms with Crippen molar-refractivity contribution in [2.75, 3.05) is 0 Å². The Morgan fingerprint density at radius 1 is 0.731 bits per heavy atom. The summed E-state index contributed by atoms with van der Waals surface area (Å²) in [5.74, 6) is -0.702. The second-order valence-electron chi connectivity index (χ2n) is 7.92. The zero-order valence-electron chi connectivity index (χ0n) is 17.4. The summed E-state index contributed by atoms with van der Waals surface area (Å²) in [7, 11) is 0. The first-order chi connectivity index (χ1) is 12.6. The molecule has 0 rings (SSSR count). The van der Waals surface area contributed by atoms with Gasteiger partial charge >= 0.3 is 5.97 Å². The Morgan fingerprint density at radius 2 is 1.08 bits per heavy atom. The van der Waals surface area contributed by atoms with E-state index in [0.29, 0.717) is 12.8 Å². The fourth-order valence-corrected chi connectivity index (χ4v) is 3.78. The van der Waals surface area contributed by atoms with Gasteiger partial charge in [0.2, 0.25) is 0 Å². The van der Waals surface area contributed by atoms with E-state index in [-0.39, 0.29) is 0 Å². The number of aliphatic carboxylic acids is 1. The van der Waals surface area contributed by atoms with E-state index >= 15 is 0 Å². The van der Waals surface area contributed by atoms with Gasteiger partial charge in [-0.2, -0.15) is 0 Å². The molecule has 0 aromatic heterocycles. The molecule has 26 heavy (non-hydrogen) atoms. The molecule has 0 aliphatic carbocycles. The molecular weight excluding hydrogens is 320 g/mol. The first-order valence-electron chi connectivity index (χ1n) is 11.1. The third-order valence-corrected chi connectivity index (χ3v) is 5.53. The smallest absolute Gasteiger partial charge is 0.310 e. The van der Waals surface area contributed by atoms with Crippen LogP contribution >= 0.6 is 0 Å². The minimum atomic E-state index is -0.702. The molecule has 0 aromatic rings. The normalized spacial score (nSPS) is 11.4. The Labute approximate surface area is 163 Å². The van der Waals surface area contributed by atoms with Gasteiger partial charge in [-0.25, -0.2) is 0 Å². The largest absolute Gasteiger partial charge is 0.481 e. The quantitative estimate of drug-likeness (QED) is 0.175. The van der Waals surface area contributed by atoms with Crippen molar-refractivity contribution in [3.8, 4) is 0 Å². The number of carbonyl (C=O) groups is 1. The molecule has 0 aromatic carbocycles. The highest BCUT2D eigenvalue weighted by Crippen LogP contribution is 2.34. The van der Waals surface area contributed by atoms with Gasteiger partial charge in [-0.1, -0.05) is 109 Å². The van der Waals surface area contributed by atoms with Crippen LogP contribution in [-0.4, -0.2) is 11.1 Å². The fourth-order valence-electron chi connectivity index (χ4n) is 3.78. The van der Waals surface area contributed by atoms with E-state index in [1.807, 2.05) is 0 Å². The molecule has 2 nitrogen and oxygen atoms in total. The van der Waals surface area contributed by atoms with Crippen molar-refractivity contribution in [1.82, 2.24) is 0 Å². The van der Waals surface area contributed by atoms with Gasteiger partial charge in [0.25, 0.3) is 0 Å². The number of carboxylic acid groups (broad SMARTS) is 1. The number of allylic oxidation sites excluding steroid dienone is 2. The summed E-state index contributed by atoms with van der Waals surface area (Å²) < 4.78 is 0. The zero-order valence-corrected chi connectivity index (χ0v) is 17.4. The Kier molecular flexibility index (Phi) is 16.7. The molecular formula is C24H44O2. The number of unbranched alkanes of at least 4 members (excludes halogenated alkanes) is 13. The molecule has 0 aliphatic rings. The molecule has 0 amide bonds. The van der Waals surface area contributed by atoms with Crippen LogP contribution in [0.1, 0.15) is 116 Å².